The summed E-state index contributed by atoms with van der Waals surface area (Å²) in [6.07, 6.45) is 0. The number of benzene rings is 2. The fourth-order valence-electron chi connectivity index (χ4n) is 2.95. The van der Waals surface area contributed by atoms with Crippen LogP contribution in [-0.2, 0) is 0 Å². The molecule has 0 aliphatic carbocycles. The molecule has 2 aromatic rings. The van der Waals surface area contributed by atoms with Crippen LogP contribution in [0.1, 0.15) is 5.56 Å². The van der Waals surface area contributed by atoms with E-state index in [9.17, 15) is 0 Å². The molecule has 1 fully saturated rings. The SMILES string of the molecule is CN1CCN(C2=Nc3ccccc3Sc3ccc(Br)cc32)CC1. The maximum absolute atomic E-state index is 5.05. The summed E-state index contributed by atoms with van der Waals surface area (Å²) < 4.78 is 1.10. The van der Waals surface area contributed by atoms with Gasteiger partial charge in [0.1, 0.15) is 5.84 Å². The van der Waals surface area contributed by atoms with Crippen LogP contribution in [0.25, 0.3) is 0 Å². The Balaban J connectivity index is 1.84. The molecular formula is C18H18BrN3S. The number of nitrogens with zero attached hydrogens (tertiary/aromatic N) is 3. The fraction of sp³-hybridized carbons (Fsp3) is 0.278. The molecule has 0 unspecified atom stereocenters. The number of piperazine rings is 1. The molecule has 0 radical (unpaired) electrons. The Morgan fingerprint density at radius 2 is 1.78 bits per heavy atom. The Hall–Kier alpha value is -1.30. The molecule has 0 saturated carbocycles. The third kappa shape index (κ3) is 3.05. The second-order valence-corrected chi connectivity index (χ2v) is 7.94. The highest BCUT2D eigenvalue weighted by Crippen LogP contribution is 2.41. The van der Waals surface area contributed by atoms with Crippen molar-refractivity contribution < 1.29 is 0 Å². The molecule has 0 aromatic heterocycles. The van der Waals surface area contributed by atoms with E-state index in [1.54, 1.807) is 0 Å². The van der Waals surface area contributed by atoms with Gasteiger partial charge >= 0.3 is 0 Å². The number of halogens is 1. The molecule has 2 aliphatic rings. The van der Waals surface area contributed by atoms with Crippen molar-refractivity contribution in [1.82, 2.24) is 9.80 Å². The number of para-hydroxylation sites is 1. The van der Waals surface area contributed by atoms with Crippen molar-refractivity contribution in [3.05, 3.63) is 52.5 Å². The first-order chi connectivity index (χ1) is 11.2. The number of fused-ring (bicyclic) bond motifs is 2. The highest BCUT2D eigenvalue weighted by Gasteiger charge is 2.24. The highest BCUT2D eigenvalue weighted by molar-refractivity contribution is 9.10. The quantitative estimate of drug-likeness (QED) is 0.673. The minimum atomic E-state index is 1.02. The summed E-state index contributed by atoms with van der Waals surface area (Å²) in [6, 6.07) is 14.9. The Labute approximate surface area is 149 Å². The first-order valence-corrected chi connectivity index (χ1v) is 9.41. The third-order valence-corrected chi connectivity index (χ3v) is 5.93. The fourth-order valence-corrected chi connectivity index (χ4v) is 4.31. The van der Waals surface area contributed by atoms with Crippen LogP contribution in [0, 0.1) is 0 Å². The summed E-state index contributed by atoms with van der Waals surface area (Å²) in [7, 11) is 2.18. The van der Waals surface area contributed by atoms with Crippen LogP contribution < -0.4 is 0 Å². The van der Waals surface area contributed by atoms with Crippen molar-refractivity contribution in [3.63, 3.8) is 0 Å². The van der Waals surface area contributed by atoms with Crippen molar-refractivity contribution in [2.45, 2.75) is 9.79 Å². The predicted molar refractivity (Wildman–Crippen MR) is 100.0 cm³/mol. The van der Waals surface area contributed by atoms with Crippen LogP contribution in [0.15, 0.2) is 61.7 Å². The molecule has 2 aliphatic heterocycles. The molecule has 23 heavy (non-hydrogen) atoms. The second kappa shape index (κ2) is 6.30. The molecule has 2 aromatic carbocycles. The lowest BCUT2D eigenvalue weighted by Crippen LogP contribution is -2.47. The number of amidine groups is 1. The zero-order valence-electron chi connectivity index (χ0n) is 13.0. The molecule has 0 atom stereocenters. The third-order valence-electron chi connectivity index (χ3n) is 4.30. The van der Waals surface area contributed by atoms with E-state index in [2.05, 4.69) is 75.2 Å². The minimum Gasteiger partial charge on any atom is -0.354 e. The van der Waals surface area contributed by atoms with Gasteiger partial charge < -0.3 is 9.80 Å². The van der Waals surface area contributed by atoms with E-state index in [1.165, 1.54) is 15.4 Å². The Morgan fingerprint density at radius 1 is 1.00 bits per heavy atom. The molecule has 118 valence electrons. The van der Waals surface area contributed by atoms with Crippen molar-refractivity contribution >= 4 is 39.2 Å². The van der Waals surface area contributed by atoms with Crippen molar-refractivity contribution in [2.75, 3.05) is 33.2 Å². The number of likely N-dealkylation sites (N-methyl/N-ethyl adjacent to an activating group) is 1. The van der Waals surface area contributed by atoms with Crippen molar-refractivity contribution in [1.29, 1.82) is 0 Å². The molecule has 5 heteroatoms. The van der Waals surface area contributed by atoms with Crippen LogP contribution in [0.4, 0.5) is 5.69 Å². The van der Waals surface area contributed by atoms with Gasteiger partial charge in [0.05, 0.1) is 5.69 Å². The van der Waals surface area contributed by atoms with Gasteiger partial charge in [0.25, 0.3) is 0 Å². The summed E-state index contributed by atoms with van der Waals surface area (Å²) >= 11 is 5.43. The normalized spacial score (nSPS) is 18.0. The molecule has 0 amide bonds. The van der Waals surface area contributed by atoms with E-state index in [4.69, 9.17) is 4.99 Å². The van der Waals surface area contributed by atoms with Crippen LogP contribution in [0.2, 0.25) is 0 Å². The van der Waals surface area contributed by atoms with E-state index in [-0.39, 0.29) is 0 Å². The molecular weight excluding hydrogens is 370 g/mol. The van der Waals surface area contributed by atoms with Crippen LogP contribution >= 0.6 is 27.7 Å². The number of aliphatic imine (C=N–C) groups is 1. The van der Waals surface area contributed by atoms with Gasteiger partial charge in [-0.2, -0.15) is 0 Å². The summed E-state index contributed by atoms with van der Waals surface area (Å²) in [4.78, 5) is 12.3. The summed E-state index contributed by atoms with van der Waals surface area (Å²) in [6.45, 7) is 4.20. The summed E-state index contributed by atoms with van der Waals surface area (Å²) in [5, 5.41) is 0. The van der Waals surface area contributed by atoms with Gasteiger partial charge in [-0.05, 0) is 37.4 Å². The van der Waals surface area contributed by atoms with Gasteiger partial charge in [0.15, 0.2) is 0 Å². The van der Waals surface area contributed by atoms with Crippen LogP contribution in [0.3, 0.4) is 0 Å². The Morgan fingerprint density at radius 3 is 2.61 bits per heavy atom. The van der Waals surface area contributed by atoms with Gasteiger partial charge in [-0.15, -0.1) is 0 Å². The second-order valence-electron chi connectivity index (χ2n) is 5.94. The van der Waals surface area contributed by atoms with Crippen molar-refractivity contribution in [3.8, 4) is 0 Å². The molecule has 0 N–H and O–H groups in total. The zero-order chi connectivity index (χ0) is 15.8. The molecule has 4 rings (SSSR count). The van der Waals surface area contributed by atoms with Crippen LogP contribution in [-0.4, -0.2) is 48.9 Å². The molecule has 3 nitrogen and oxygen atoms in total. The first kappa shape index (κ1) is 15.2. The molecule has 0 bridgehead atoms. The zero-order valence-corrected chi connectivity index (χ0v) is 15.4. The van der Waals surface area contributed by atoms with Gasteiger partial charge in [-0.25, -0.2) is 4.99 Å². The first-order valence-electron chi connectivity index (χ1n) is 7.80. The summed E-state index contributed by atoms with van der Waals surface area (Å²) in [5.74, 6) is 1.10. The van der Waals surface area contributed by atoms with E-state index in [1.807, 2.05) is 11.8 Å². The topological polar surface area (TPSA) is 18.8 Å². The maximum atomic E-state index is 5.05. The highest BCUT2D eigenvalue weighted by atomic mass is 79.9. The number of hydrogen-bond donors (Lipinski definition) is 0. The van der Waals surface area contributed by atoms with Gasteiger partial charge in [0, 0.05) is 46.0 Å². The lowest BCUT2D eigenvalue weighted by Gasteiger charge is -2.34. The van der Waals surface area contributed by atoms with Gasteiger partial charge in [-0.3, -0.25) is 0 Å². The smallest absolute Gasteiger partial charge is 0.137 e. The van der Waals surface area contributed by atoms with Crippen LogP contribution in [0.5, 0.6) is 0 Å². The lowest BCUT2D eigenvalue weighted by atomic mass is 10.1. The largest absolute Gasteiger partial charge is 0.354 e. The van der Waals surface area contributed by atoms with E-state index in [0.29, 0.717) is 0 Å². The summed E-state index contributed by atoms with van der Waals surface area (Å²) in [5.41, 5.74) is 2.30. The van der Waals surface area contributed by atoms with E-state index in [0.717, 1.165) is 42.2 Å². The molecule has 0 spiro atoms. The Bertz CT molecular complexity index is 767. The van der Waals surface area contributed by atoms with E-state index >= 15 is 0 Å². The van der Waals surface area contributed by atoms with Crippen molar-refractivity contribution in [2.24, 2.45) is 4.99 Å². The lowest BCUT2D eigenvalue weighted by molar-refractivity contribution is 0.215. The molecule has 2 heterocycles. The van der Waals surface area contributed by atoms with Gasteiger partial charge in [0.2, 0.25) is 0 Å². The maximum Gasteiger partial charge on any atom is 0.137 e. The predicted octanol–water partition coefficient (Wildman–Crippen LogP) is 4.24. The standard InChI is InChI=1S/C18H18BrN3S/c1-21-8-10-22(11-9-21)18-14-12-13(19)6-7-16(14)23-17-5-3-2-4-15(17)20-18/h2-7,12H,8-11H2,1H3. The number of rotatable bonds is 0. The van der Waals surface area contributed by atoms with Gasteiger partial charge in [-0.1, -0.05) is 39.8 Å². The van der Waals surface area contributed by atoms with E-state index < -0.39 is 0 Å². The minimum absolute atomic E-state index is 1.02. The molecule has 1 saturated heterocycles. The average Bonchev–Trinajstić information content (AvgIpc) is 2.72. The number of hydrogen-bond acceptors (Lipinski definition) is 4. The average molecular weight is 388 g/mol. The monoisotopic (exact) mass is 387 g/mol. The Kier molecular flexibility index (Phi) is 4.18.